The van der Waals surface area contributed by atoms with Crippen molar-refractivity contribution >= 4 is 17.6 Å². The van der Waals surface area contributed by atoms with Crippen LogP contribution in [-0.2, 0) is 11.2 Å². The number of guanidine groups is 1. The van der Waals surface area contributed by atoms with Crippen molar-refractivity contribution in [1.82, 2.24) is 10.2 Å². The minimum atomic E-state index is -0.0444. The normalized spacial score (nSPS) is 16.6. The molecule has 31 heavy (non-hydrogen) atoms. The number of anilines is 1. The summed E-state index contributed by atoms with van der Waals surface area (Å²) < 4.78 is 5.58. The molecule has 0 bridgehead atoms. The lowest BCUT2D eigenvalue weighted by Crippen LogP contribution is -2.40. The van der Waals surface area contributed by atoms with E-state index in [2.05, 4.69) is 39.8 Å². The van der Waals surface area contributed by atoms with Crippen molar-refractivity contribution in [3.05, 3.63) is 60.2 Å². The van der Waals surface area contributed by atoms with Gasteiger partial charge in [-0.15, -0.1) is 0 Å². The summed E-state index contributed by atoms with van der Waals surface area (Å²) in [6.07, 6.45) is 6.76. The smallest absolute Gasteiger partial charge is 0.258 e. The number of hydrogen-bond acceptors (Lipinski definition) is 3. The van der Waals surface area contributed by atoms with Gasteiger partial charge in [-0.05, 0) is 68.4 Å². The van der Waals surface area contributed by atoms with Gasteiger partial charge in [-0.25, -0.2) is 0 Å². The fraction of sp³-hybridized carbons (Fsp3) is 0.440. The molecule has 1 saturated heterocycles. The zero-order valence-electron chi connectivity index (χ0n) is 18.1. The zero-order valence-corrected chi connectivity index (χ0v) is 18.1. The predicted octanol–water partition coefficient (Wildman–Crippen LogP) is 3.84. The van der Waals surface area contributed by atoms with Crippen LogP contribution in [0, 0.1) is 0 Å². The molecule has 2 fully saturated rings. The largest absolute Gasteiger partial charge is 0.484 e. The van der Waals surface area contributed by atoms with Crippen LogP contribution in [0.5, 0.6) is 5.75 Å². The van der Waals surface area contributed by atoms with E-state index in [1.54, 1.807) is 0 Å². The fourth-order valence-corrected chi connectivity index (χ4v) is 3.66. The molecule has 4 rings (SSSR count). The molecule has 1 aliphatic carbocycles. The van der Waals surface area contributed by atoms with Crippen molar-refractivity contribution < 1.29 is 9.53 Å². The average molecular weight is 421 g/mol. The third-order valence-electron chi connectivity index (χ3n) is 5.58. The molecule has 1 saturated carbocycles. The maximum absolute atomic E-state index is 11.7. The number of para-hydroxylation sites is 1. The lowest BCUT2D eigenvalue weighted by atomic mass is 10.1. The summed E-state index contributed by atoms with van der Waals surface area (Å²) in [5, 5.41) is 6.44. The van der Waals surface area contributed by atoms with Crippen LogP contribution in [0.3, 0.4) is 0 Å². The summed E-state index contributed by atoms with van der Waals surface area (Å²) in [5.74, 6) is 1.64. The minimum absolute atomic E-state index is 0.0444. The lowest BCUT2D eigenvalue weighted by Gasteiger charge is -2.30. The van der Waals surface area contributed by atoms with Gasteiger partial charge in [-0.3, -0.25) is 9.79 Å². The van der Waals surface area contributed by atoms with E-state index in [1.807, 2.05) is 30.3 Å². The van der Waals surface area contributed by atoms with E-state index in [9.17, 15) is 4.79 Å². The zero-order chi connectivity index (χ0) is 21.3. The monoisotopic (exact) mass is 420 g/mol. The Hall–Kier alpha value is -3.02. The molecule has 0 aromatic heterocycles. The molecule has 0 atom stereocenters. The average Bonchev–Trinajstić information content (AvgIpc) is 3.63. The highest BCUT2D eigenvalue weighted by Crippen LogP contribution is 2.19. The number of rotatable bonds is 8. The molecule has 0 radical (unpaired) electrons. The van der Waals surface area contributed by atoms with E-state index in [0.717, 1.165) is 56.3 Å². The molecule has 0 unspecified atom stereocenters. The Morgan fingerprint density at radius 1 is 1.00 bits per heavy atom. The van der Waals surface area contributed by atoms with Gasteiger partial charge in [0.15, 0.2) is 12.6 Å². The molecular formula is C25H32N4O2. The fourth-order valence-electron chi connectivity index (χ4n) is 3.66. The summed E-state index contributed by atoms with van der Waals surface area (Å²) in [7, 11) is 0. The topological polar surface area (TPSA) is 66.0 Å². The van der Waals surface area contributed by atoms with Gasteiger partial charge in [-0.2, -0.15) is 0 Å². The Kier molecular flexibility index (Phi) is 7.42. The van der Waals surface area contributed by atoms with Gasteiger partial charge in [-0.1, -0.05) is 30.3 Å². The Bertz CT molecular complexity index is 857. The Morgan fingerprint density at radius 2 is 1.74 bits per heavy atom. The van der Waals surface area contributed by atoms with E-state index in [-0.39, 0.29) is 12.5 Å². The molecule has 1 amide bonds. The second-order valence-electron chi connectivity index (χ2n) is 8.27. The SMILES string of the molecule is O=C(COc1ccc(CCN=C(Nc2ccccc2)N2CCCCC2)cc1)NC1CC1. The Morgan fingerprint density at radius 3 is 2.45 bits per heavy atom. The molecule has 6 heteroatoms. The number of hydrogen-bond donors (Lipinski definition) is 2. The number of amides is 1. The van der Waals surface area contributed by atoms with Crippen LogP contribution in [-0.4, -0.2) is 49.0 Å². The molecule has 2 aromatic rings. The molecule has 6 nitrogen and oxygen atoms in total. The maximum Gasteiger partial charge on any atom is 0.258 e. The van der Waals surface area contributed by atoms with Gasteiger partial charge in [0.2, 0.25) is 0 Å². The molecule has 0 spiro atoms. The summed E-state index contributed by atoms with van der Waals surface area (Å²) >= 11 is 0. The van der Waals surface area contributed by atoms with Crippen molar-refractivity contribution in [2.24, 2.45) is 4.99 Å². The summed E-state index contributed by atoms with van der Waals surface area (Å²) in [6.45, 7) is 2.90. The number of ether oxygens (including phenoxy) is 1. The second kappa shape index (κ2) is 10.8. The highest BCUT2D eigenvalue weighted by atomic mass is 16.5. The molecular weight excluding hydrogens is 388 g/mol. The van der Waals surface area contributed by atoms with Crippen molar-refractivity contribution in [2.75, 3.05) is 31.6 Å². The number of carbonyl (C=O) groups excluding carboxylic acids is 1. The number of nitrogens with one attached hydrogen (secondary N) is 2. The van der Waals surface area contributed by atoms with Crippen LogP contribution in [0.4, 0.5) is 5.69 Å². The van der Waals surface area contributed by atoms with Crippen molar-refractivity contribution in [2.45, 2.75) is 44.6 Å². The molecule has 164 valence electrons. The first kappa shape index (κ1) is 21.2. The van der Waals surface area contributed by atoms with Crippen molar-refractivity contribution in [1.29, 1.82) is 0 Å². The third kappa shape index (κ3) is 7.02. The highest BCUT2D eigenvalue weighted by molar-refractivity contribution is 5.93. The number of piperidine rings is 1. The van der Waals surface area contributed by atoms with Crippen LogP contribution in [0.25, 0.3) is 0 Å². The van der Waals surface area contributed by atoms with Crippen molar-refractivity contribution in [3.8, 4) is 5.75 Å². The van der Waals surface area contributed by atoms with E-state index in [0.29, 0.717) is 6.04 Å². The standard InChI is InChI=1S/C25H32N4O2/c30-24(27-22-11-12-22)19-31-23-13-9-20(10-14-23)15-16-26-25(29-17-5-2-6-18-29)28-21-7-3-1-4-8-21/h1,3-4,7-10,13-14,22H,2,5-6,11-12,15-19H2,(H,26,28)(H,27,30). The van der Waals surface area contributed by atoms with Gasteiger partial charge in [0.1, 0.15) is 5.75 Å². The summed E-state index contributed by atoms with van der Waals surface area (Å²) in [4.78, 5) is 19.0. The molecule has 2 N–H and O–H groups in total. The second-order valence-corrected chi connectivity index (χ2v) is 8.27. The van der Waals surface area contributed by atoms with Gasteiger partial charge in [0, 0.05) is 31.4 Å². The van der Waals surface area contributed by atoms with E-state index in [4.69, 9.17) is 9.73 Å². The summed E-state index contributed by atoms with van der Waals surface area (Å²) in [6, 6.07) is 18.6. The first-order valence-corrected chi connectivity index (χ1v) is 11.4. The quantitative estimate of drug-likeness (QED) is 0.503. The van der Waals surface area contributed by atoms with E-state index in [1.165, 1.54) is 24.8 Å². The first-order chi connectivity index (χ1) is 15.3. The molecule has 2 aliphatic rings. The van der Waals surface area contributed by atoms with E-state index < -0.39 is 0 Å². The van der Waals surface area contributed by atoms with Crippen LogP contribution in [0.1, 0.15) is 37.7 Å². The molecule has 2 aromatic carbocycles. The Balaban J connectivity index is 1.29. The number of carbonyl (C=O) groups is 1. The van der Waals surface area contributed by atoms with Crippen LogP contribution in [0.15, 0.2) is 59.6 Å². The van der Waals surface area contributed by atoms with Gasteiger partial charge >= 0.3 is 0 Å². The minimum Gasteiger partial charge on any atom is -0.484 e. The Labute approximate surface area is 184 Å². The van der Waals surface area contributed by atoms with Crippen LogP contribution >= 0.6 is 0 Å². The van der Waals surface area contributed by atoms with Crippen LogP contribution in [0.2, 0.25) is 0 Å². The van der Waals surface area contributed by atoms with Gasteiger partial charge < -0.3 is 20.3 Å². The maximum atomic E-state index is 11.7. The van der Waals surface area contributed by atoms with Gasteiger partial charge in [0.25, 0.3) is 5.91 Å². The molecule has 1 aliphatic heterocycles. The molecule has 1 heterocycles. The lowest BCUT2D eigenvalue weighted by molar-refractivity contribution is -0.123. The predicted molar refractivity (Wildman–Crippen MR) is 125 cm³/mol. The van der Waals surface area contributed by atoms with Gasteiger partial charge in [0.05, 0.1) is 0 Å². The van der Waals surface area contributed by atoms with Crippen molar-refractivity contribution in [3.63, 3.8) is 0 Å². The highest BCUT2D eigenvalue weighted by Gasteiger charge is 2.23. The number of benzene rings is 2. The summed E-state index contributed by atoms with van der Waals surface area (Å²) in [5.41, 5.74) is 2.27. The number of nitrogens with zero attached hydrogens (tertiary/aromatic N) is 2. The number of aliphatic imine (C=N–C) groups is 1. The first-order valence-electron chi connectivity index (χ1n) is 11.4. The third-order valence-corrected chi connectivity index (χ3v) is 5.58. The van der Waals surface area contributed by atoms with E-state index >= 15 is 0 Å². The van der Waals surface area contributed by atoms with Crippen LogP contribution < -0.4 is 15.4 Å². The number of likely N-dealkylation sites (tertiary alicyclic amines) is 1.